The summed E-state index contributed by atoms with van der Waals surface area (Å²) in [4.78, 5) is 15.1. The van der Waals surface area contributed by atoms with Gasteiger partial charge >= 0.3 is 0 Å². The number of piperidine rings is 1. The molecule has 1 aliphatic heterocycles. The first kappa shape index (κ1) is 15.1. The minimum atomic E-state index is 0.136. The van der Waals surface area contributed by atoms with Crippen LogP contribution in [0.25, 0.3) is 0 Å². The van der Waals surface area contributed by atoms with Crippen LogP contribution in [0, 0.1) is 0 Å². The molecule has 22 heavy (non-hydrogen) atoms. The number of aromatic nitrogens is 1. The number of anilines is 1. The van der Waals surface area contributed by atoms with Crippen LogP contribution in [0.4, 0.5) is 5.88 Å². The third-order valence-electron chi connectivity index (χ3n) is 4.26. The molecule has 6 heteroatoms. The summed E-state index contributed by atoms with van der Waals surface area (Å²) in [5.74, 6) is 1.19. The molecule has 0 radical (unpaired) electrons. The molecule has 5 nitrogen and oxygen atoms in total. The van der Waals surface area contributed by atoms with E-state index in [4.69, 9.17) is 10.3 Å². The van der Waals surface area contributed by atoms with Crippen molar-refractivity contribution in [2.75, 3.05) is 18.8 Å². The Morgan fingerprint density at radius 2 is 2.18 bits per heavy atom. The maximum absolute atomic E-state index is 12.4. The van der Waals surface area contributed by atoms with Crippen molar-refractivity contribution in [3.63, 3.8) is 0 Å². The van der Waals surface area contributed by atoms with Gasteiger partial charge in [0.1, 0.15) is 0 Å². The van der Waals surface area contributed by atoms with Crippen LogP contribution in [0.2, 0.25) is 0 Å². The van der Waals surface area contributed by atoms with Crippen molar-refractivity contribution >= 4 is 23.1 Å². The van der Waals surface area contributed by atoms with Gasteiger partial charge in [0.25, 0.3) is 5.91 Å². The number of rotatable bonds is 3. The summed E-state index contributed by atoms with van der Waals surface area (Å²) in [5, 5.41) is 6.12. The Hall–Kier alpha value is -1.82. The number of hydrogen-bond donors (Lipinski definition) is 1. The minimum absolute atomic E-state index is 0.136. The zero-order valence-corrected chi connectivity index (χ0v) is 13.7. The van der Waals surface area contributed by atoms with E-state index in [9.17, 15) is 4.79 Å². The lowest BCUT2D eigenvalue weighted by Crippen LogP contribution is -2.37. The van der Waals surface area contributed by atoms with Crippen LogP contribution in [0.5, 0.6) is 0 Å². The fourth-order valence-electron chi connectivity index (χ4n) is 3.11. The molecule has 0 atom stereocenters. The molecular formula is C16H21N3O2S. The Morgan fingerprint density at radius 1 is 1.45 bits per heavy atom. The highest BCUT2D eigenvalue weighted by Gasteiger charge is 2.30. The maximum Gasteiger partial charge on any atom is 0.263 e. The van der Waals surface area contributed by atoms with Crippen molar-refractivity contribution in [3.05, 3.63) is 33.6 Å². The second-order valence-corrected chi connectivity index (χ2v) is 6.99. The lowest BCUT2D eigenvalue weighted by molar-refractivity contribution is 0.0716. The Morgan fingerprint density at radius 3 is 2.77 bits per heavy atom. The van der Waals surface area contributed by atoms with Crippen LogP contribution >= 0.6 is 11.3 Å². The quantitative estimate of drug-likeness (QED) is 0.940. The van der Waals surface area contributed by atoms with Gasteiger partial charge in [-0.3, -0.25) is 4.79 Å². The monoisotopic (exact) mass is 319 g/mol. The maximum atomic E-state index is 12.4. The fourth-order valence-corrected chi connectivity index (χ4v) is 3.80. The molecule has 0 aromatic carbocycles. The number of nitrogens with two attached hydrogens (primary N) is 1. The second kappa shape index (κ2) is 6.12. The average Bonchev–Trinajstić information content (AvgIpc) is 3.16. The third-order valence-corrected chi connectivity index (χ3v) is 5.12. The average molecular weight is 319 g/mol. The Bertz CT molecular complexity index is 640. The number of nitrogen functional groups attached to an aromatic ring is 1. The van der Waals surface area contributed by atoms with Crippen molar-refractivity contribution in [2.24, 2.45) is 0 Å². The highest BCUT2D eigenvalue weighted by Crippen LogP contribution is 2.36. The molecule has 1 saturated heterocycles. The highest BCUT2D eigenvalue weighted by atomic mass is 32.1. The first-order valence-corrected chi connectivity index (χ1v) is 8.53. The summed E-state index contributed by atoms with van der Waals surface area (Å²) >= 11 is 1.50. The van der Waals surface area contributed by atoms with Gasteiger partial charge in [0, 0.05) is 24.6 Å². The van der Waals surface area contributed by atoms with Crippen LogP contribution in [-0.2, 0) is 0 Å². The number of amides is 1. The minimum Gasteiger partial charge on any atom is -0.367 e. The van der Waals surface area contributed by atoms with E-state index in [0.29, 0.717) is 17.7 Å². The van der Waals surface area contributed by atoms with Gasteiger partial charge in [-0.2, -0.15) is 0 Å². The van der Waals surface area contributed by atoms with Crippen LogP contribution in [0.3, 0.4) is 0 Å². The summed E-state index contributed by atoms with van der Waals surface area (Å²) in [6, 6.07) is 3.80. The number of likely N-dealkylation sites (tertiary alicyclic amines) is 1. The lowest BCUT2D eigenvalue weighted by atomic mass is 9.88. The van der Waals surface area contributed by atoms with Crippen LogP contribution < -0.4 is 5.73 Å². The summed E-state index contributed by atoms with van der Waals surface area (Å²) in [5.41, 5.74) is 7.91. The van der Waals surface area contributed by atoms with E-state index < -0.39 is 0 Å². The van der Waals surface area contributed by atoms with Crippen molar-refractivity contribution in [2.45, 2.75) is 38.5 Å². The normalized spacial score (nSPS) is 16.4. The second-order valence-electron chi connectivity index (χ2n) is 6.04. The van der Waals surface area contributed by atoms with Gasteiger partial charge < -0.3 is 15.2 Å². The van der Waals surface area contributed by atoms with Crippen molar-refractivity contribution in [1.29, 1.82) is 0 Å². The molecule has 1 amide bonds. The predicted molar refractivity (Wildman–Crippen MR) is 87.2 cm³/mol. The molecule has 2 aromatic rings. The van der Waals surface area contributed by atoms with E-state index >= 15 is 0 Å². The smallest absolute Gasteiger partial charge is 0.263 e. The Kier molecular flexibility index (Phi) is 4.20. The van der Waals surface area contributed by atoms with Gasteiger partial charge in [-0.15, -0.1) is 11.3 Å². The molecule has 0 aliphatic carbocycles. The molecule has 3 rings (SSSR count). The van der Waals surface area contributed by atoms with Gasteiger partial charge in [0.15, 0.2) is 0 Å². The van der Waals surface area contributed by atoms with Crippen molar-refractivity contribution in [1.82, 2.24) is 10.1 Å². The SMILES string of the molecule is CC(C)c1c(C2CCN(C(=O)c3cccs3)CC2)noc1N. The standard InChI is InChI=1S/C16H21N3O2S/c1-10(2)13-14(18-21-15(13)17)11-5-7-19(8-6-11)16(20)12-4-3-9-22-12/h3-4,9-11H,5-8,17H2,1-2H3. The van der Waals surface area contributed by atoms with Crippen molar-refractivity contribution < 1.29 is 9.32 Å². The van der Waals surface area contributed by atoms with Gasteiger partial charge in [-0.05, 0) is 30.2 Å². The predicted octanol–water partition coefficient (Wildman–Crippen LogP) is 3.46. The van der Waals surface area contributed by atoms with Gasteiger partial charge in [-0.1, -0.05) is 25.1 Å². The van der Waals surface area contributed by atoms with Gasteiger partial charge in [0.2, 0.25) is 5.88 Å². The van der Waals surface area contributed by atoms with E-state index in [0.717, 1.165) is 42.1 Å². The van der Waals surface area contributed by atoms with E-state index in [-0.39, 0.29) is 5.91 Å². The first-order valence-electron chi connectivity index (χ1n) is 7.65. The molecule has 3 heterocycles. The number of carbonyl (C=O) groups is 1. The number of thiophene rings is 1. The van der Waals surface area contributed by atoms with E-state index in [2.05, 4.69) is 19.0 Å². The van der Waals surface area contributed by atoms with E-state index in [1.807, 2.05) is 22.4 Å². The first-order chi connectivity index (χ1) is 10.6. The lowest BCUT2D eigenvalue weighted by Gasteiger charge is -2.31. The molecule has 1 fully saturated rings. The summed E-state index contributed by atoms with van der Waals surface area (Å²) in [6.45, 7) is 5.71. The molecule has 2 N–H and O–H groups in total. The van der Waals surface area contributed by atoms with E-state index in [1.54, 1.807) is 0 Å². The Balaban J connectivity index is 1.69. The van der Waals surface area contributed by atoms with Crippen molar-refractivity contribution in [3.8, 4) is 0 Å². The molecule has 0 bridgehead atoms. The largest absolute Gasteiger partial charge is 0.367 e. The number of nitrogens with zero attached hydrogens (tertiary/aromatic N) is 2. The molecule has 2 aromatic heterocycles. The highest BCUT2D eigenvalue weighted by molar-refractivity contribution is 7.12. The molecule has 118 valence electrons. The third kappa shape index (κ3) is 2.75. The number of carbonyl (C=O) groups excluding carboxylic acids is 1. The van der Waals surface area contributed by atoms with E-state index in [1.165, 1.54) is 11.3 Å². The summed E-state index contributed by atoms with van der Waals surface area (Å²) in [6.07, 6.45) is 1.81. The topological polar surface area (TPSA) is 72.4 Å². The zero-order valence-electron chi connectivity index (χ0n) is 12.9. The van der Waals surface area contributed by atoms with Crippen LogP contribution in [-0.4, -0.2) is 29.1 Å². The van der Waals surface area contributed by atoms with Crippen LogP contribution in [0.1, 0.15) is 59.5 Å². The van der Waals surface area contributed by atoms with Gasteiger partial charge in [0.05, 0.1) is 10.6 Å². The fraction of sp³-hybridized carbons (Fsp3) is 0.500. The molecular weight excluding hydrogens is 298 g/mol. The number of hydrogen-bond acceptors (Lipinski definition) is 5. The molecule has 1 aliphatic rings. The summed E-state index contributed by atoms with van der Waals surface area (Å²) < 4.78 is 5.19. The molecule has 0 saturated carbocycles. The Labute approximate surface area is 134 Å². The van der Waals surface area contributed by atoms with Crippen LogP contribution in [0.15, 0.2) is 22.0 Å². The molecule has 0 unspecified atom stereocenters. The zero-order chi connectivity index (χ0) is 15.7. The summed E-state index contributed by atoms with van der Waals surface area (Å²) in [7, 11) is 0. The van der Waals surface area contributed by atoms with Gasteiger partial charge in [-0.25, -0.2) is 0 Å². The molecule has 0 spiro atoms.